The van der Waals surface area contributed by atoms with E-state index in [-0.39, 0.29) is 18.1 Å². The van der Waals surface area contributed by atoms with Gasteiger partial charge < -0.3 is 14.1 Å². The van der Waals surface area contributed by atoms with Gasteiger partial charge in [0.05, 0.1) is 25.0 Å². The van der Waals surface area contributed by atoms with Crippen molar-refractivity contribution in [3.8, 4) is 0 Å². The summed E-state index contributed by atoms with van der Waals surface area (Å²) in [5, 5.41) is 13.3. The number of hydrogen-bond acceptors (Lipinski definition) is 7. The van der Waals surface area contributed by atoms with Crippen LogP contribution >= 0.6 is 11.6 Å². The number of carbonyl (C=O) groups excluding carboxylic acids is 1. The largest absolute Gasteiger partial charge is 0.459 e. The number of rotatable bonds is 6. The highest BCUT2D eigenvalue weighted by Gasteiger charge is 2.33. The van der Waals surface area contributed by atoms with Gasteiger partial charge in [-0.15, -0.1) is 5.10 Å². The summed E-state index contributed by atoms with van der Waals surface area (Å²) in [6, 6.07) is 11.1. The highest BCUT2D eigenvalue weighted by molar-refractivity contribution is 6.30. The van der Waals surface area contributed by atoms with Crippen LogP contribution in [-0.4, -0.2) is 74.8 Å². The molecule has 2 aliphatic rings. The van der Waals surface area contributed by atoms with Gasteiger partial charge in [-0.05, 0) is 53.1 Å². The maximum atomic E-state index is 12.7. The smallest absolute Gasteiger partial charge is 0.289 e. The third kappa shape index (κ3) is 4.41. The average Bonchev–Trinajstić information content (AvgIpc) is 3.60. The Morgan fingerprint density at radius 2 is 1.97 bits per heavy atom. The van der Waals surface area contributed by atoms with Gasteiger partial charge in [-0.3, -0.25) is 9.69 Å². The van der Waals surface area contributed by atoms with Gasteiger partial charge in [0, 0.05) is 37.8 Å². The molecule has 0 aliphatic carbocycles. The summed E-state index contributed by atoms with van der Waals surface area (Å²) in [5.74, 6) is 1.06. The van der Waals surface area contributed by atoms with E-state index in [0.717, 1.165) is 30.8 Å². The number of hydrogen-bond donors (Lipinski definition) is 0. The monoisotopic (exact) mass is 456 g/mol. The molecule has 2 saturated heterocycles. The van der Waals surface area contributed by atoms with Crippen molar-refractivity contribution >= 4 is 17.5 Å². The van der Waals surface area contributed by atoms with Gasteiger partial charge in [0.1, 0.15) is 0 Å². The molecule has 0 unspecified atom stereocenters. The summed E-state index contributed by atoms with van der Waals surface area (Å²) in [6.07, 6.45) is 3.73. The van der Waals surface area contributed by atoms with E-state index in [9.17, 15) is 4.79 Å². The van der Waals surface area contributed by atoms with Crippen molar-refractivity contribution in [1.29, 1.82) is 0 Å². The number of tetrazole rings is 1. The summed E-state index contributed by atoms with van der Waals surface area (Å²) >= 11 is 6.15. The van der Waals surface area contributed by atoms with Crippen LogP contribution in [0.25, 0.3) is 0 Å². The number of aromatic nitrogens is 4. The van der Waals surface area contributed by atoms with Crippen molar-refractivity contribution in [3.05, 3.63) is 64.8 Å². The lowest BCUT2D eigenvalue weighted by atomic mass is 10.0. The van der Waals surface area contributed by atoms with Gasteiger partial charge in [-0.2, -0.15) is 0 Å². The lowest BCUT2D eigenvalue weighted by Gasteiger charge is -2.38. The number of nitrogens with zero attached hydrogens (tertiary/aromatic N) is 6. The van der Waals surface area contributed by atoms with E-state index in [1.165, 1.54) is 6.26 Å². The molecular formula is C22H25ClN6O3. The van der Waals surface area contributed by atoms with E-state index in [1.54, 1.807) is 12.1 Å². The molecule has 1 aromatic carbocycles. The van der Waals surface area contributed by atoms with E-state index in [1.807, 2.05) is 33.8 Å². The van der Waals surface area contributed by atoms with Crippen molar-refractivity contribution in [2.45, 2.75) is 31.5 Å². The fraction of sp³-hybridized carbons (Fsp3) is 0.455. The molecular weight excluding hydrogens is 432 g/mol. The summed E-state index contributed by atoms with van der Waals surface area (Å²) < 4.78 is 12.9. The third-order valence-electron chi connectivity index (χ3n) is 6.09. The van der Waals surface area contributed by atoms with Crippen molar-refractivity contribution in [1.82, 2.24) is 30.0 Å². The van der Waals surface area contributed by atoms with Crippen LogP contribution in [0.1, 0.15) is 40.8 Å². The normalized spacial score (nSPS) is 20.5. The third-order valence-corrected chi connectivity index (χ3v) is 6.34. The number of ether oxygens (including phenoxy) is 1. The summed E-state index contributed by atoms with van der Waals surface area (Å²) in [5.41, 5.74) is 1.06. The Bertz CT molecular complexity index is 1020. The first-order chi connectivity index (χ1) is 15.7. The molecule has 5 rings (SSSR count). The molecule has 0 spiro atoms. The number of halogens is 1. The number of carbonyl (C=O) groups is 1. The highest BCUT2D eigenvalue weighted by atomic mass is 35.5. The number of amides is 1. The van der Waals surface area contributed by atoms with Crippen molar-refractivity contribution in [2.24, 2.45) is 0 Å². The zero-order valence-electron chi connectivity index (χ0n) is 17.6. The molecule has 2 aromatic heterocycles. The van der Waals surface area contributed by atoms with Gasteiger partial charge in [0.2, 0.25) is 0 Å². The summed E-state index contributed by atoms with van der Waals surface area (Å²) in [6.45, 7) is 3.98. The fourth-order valence-electron chi connectivity index (χ4n) is 4.43. The second-order valence-electron chi connectivity index (χ2n) is 8.11. The molecule has 0 saturated carbocycles. The zero-order valence-corrected chi connectivity index (χ0v) is 18.4. The zero-order chi connectivity index (χ0) is 21.9. The van der Waals surface area contributed by atoms with Crippen LogP contribution < -0.4 is 0 Å². The average molecular weight is 457 g/mol. The van der Waals surface area contributed by atoms with E-state index < -0.39 is 0 Å². The topological polar surface area (TPSA) is 89.5 Å². The SMILES string of the molecule is O=C(c1ccco1)N1CCN([C@H](c2ccc(Cl)cc2)c2nnnn2C[C@@H]2CCCO2)CC1. The Morgan fingerprint density at radius 3 is 2.66 bits per heavy atom. The maximum absolute atomic E-state index is 12.7. The molecule has 2 atom stereocenters. The van der Waals surface area contributed by atoms with E-state index >= 15 is 0 Å². The lowest BCUT2D eigenvalue weighted by molar-refractivity contribution is 0.0551. The molecule has 0 radical (unpaired) electrons. The number of benzene rings is 1. The predicted molar refractivity (Wildman–Crippen MR) is 116 cm³/mol. The second kappa shape index (κ2) is 9.40. The molecule has 3 aromatic rings. The Labute approximate surface area is 190 Å². The van der Waals surface area contributed by atoms with Gasteiger partial charge in [0.15, 0.2) is 11.6 Å². The van der Waals surface area contributed by atoms with Gasteiger partial charge in [-0.25, -0.2) is 4.68 Å². The molecule has 9 nitrogen and oxygen atoms in total. The molecule has 10 heteroatoms. The molecule has 168 valence electrons. The highest BCUT2D eigenvalue weighted by Crippen LogP contribution is 2.30. The van der Waals surface area contributed by atoms with Gasteiger partial charge in [0.25, 0.3) is 5.91 Å². The van der Waals surface area contributed by atoms with Crippen LogP contribution in [0.15, 0.2) is 47.1 Å². The van der Waals surface area contributed by atoms with Crippen LogP contribution in [-0.2, 0) is 11.3 Å². The van der Waals surface area contributed by atoms with Crippen LogP contribution in [0.4, 0.5) is 0 Å². The van der Waals surface area contributed by atoms with Crippen molar-refractivity contribution in [2.75, 3.05) is 32.8 Å². The molecule has 4 heterocycles. The summed E-state index contributed by atoms with van der Waals surface area (Å²) in [7, 11) is 0. The van der Waals surface area contributed by atoms with Gasteiger partial charge >= 0.3 is 0 Å². The molecule has 2 fully saturated rings. The number of piperazine rings is 1. The second-order valence-corrected chi connectivity index (χ2v) is 8.55. The minimum absolute atomic E-state index is 0.0825. The maximum Gasteiger partial charge on any atom is 0.289 e. The van der Waals surface area contributed by atoms with Crippen LogP contribution in [0, 0.1) is 0 Å². The first-order valence-corrected chi connectivity index (χ1v) is 11.3. The van der Waals surface area contributed by atoms with E-state index in [0.29, 0.717) is 43.5 Å². The quantitative estimate of drug-likeness (QED) is 0.563. The molecule has 2 aliphatic heterocycles. The van der Waals surface area contributed by atoms with Crippen molar-refractivity contribution in [3.63, 3.8) is 0 Å². The summed E-state index contributed by atoms with van der Waals surface area (Å²) in [4.78, 5) is 16.8. The fourth-order valence-corrected chi connectivity index (χ4v) is 4.55. The molecule has 0 bridgehead atoms. The molecule has 0 N–H and O–H groups in total. The Morgan fingerprint density at radius 1 is 1.16 bits per heavy atom. The molecule has 1 amide bonds. The Hall–Kier alpha value is -2.75. The standard InChI is InChI=1S/C22H25ClN6O3/c23-17-7-5-16(6-8-17)20(21-24-25-26-29(21)15-18-3-1-13-31-18)27-9-11-28(12-10-27)22(30)19-4-2-14-32-19/h2,4-8,14,18,20H,1,3,9-13,15H2/t18-,20+/m0/s1. The van der Waals surface area contributed by atoms with Crippen molar-refractivity contribution < 1.29 is 13.9 Å². The van der Waals surface area contributed by atoms with Gasteiger partial charge in [-0.1, -0.05) is 23.7 Å². The van der Waals surface area contributed by atoms with Crippen LogP contribution in [0.2, 0.25) is 5.02 Å². The minimum atomic E-state index is -0.149. The lowest BCUT2D eigenvalue weighted by Crippen LogP contribution is -2.50. The van der Waals surface area contributed by atoms with E-state index in [2.05, 4.69) is 20.4 Å². The van der Waals surface area contributed by atoms with Crippen LogP contribution in [0.5, 0.6) is 0 Å². The first kappa shape index (κ1) is 21.1. The molecule has 32 heavy (non-hydrogen) atoms. The van der Waals surface area contributed by atoms with Crippen LogP contribution in [0.3, 0.4) is 0 Å². The predicted octanol–water partition coefficient (Wildman–Crippen LogP) is 2.65. The Balaban J connectivity index is 1.38. The van der Waals surface area contributed by atoms with E-state index in [4.69, 9.17) is 20.8 Å². The Kier molecular flexibility index (Phi) is 6.20. The first-order valence-electron chi connectivity index (χ1n) is 10.9. The number of furan rings is 1. The minimum Gasteiger partial charge on any atom is -0.459 e.